The lowest BCUT2D eigenvalue weighted by molar-refractivity contribution is -0.132. The van der Waals surface area contributed by atoms with Crippen molar-refractivity contribution in [3.05, 3.63) is 35.5 Å². The molecule has 1 saturated heterocycles. The normalized spacial score (nSPS) is 23.0. The van der Waals surface area contributed by atoms with Crippen LogP contribution in [0.1, 0.15) is 13.8 Å². The van der Waals surface area contributed by atoms with Gasteiger partial charge in [-0.15, -0.1) is 0 Å². The van der Waals surface area contributed by atoms with Crippen molar-refractivity contribution in [1.82, 2.24) is 4.90 Å². The zero-order valence-electron chi connectivity index (χ0n) is 8.36. The molecule has 0 aliphatic carbocycles. The predicted molar refractivity (Wildman–Crippen MR) is 54.4 cm³/mol. The molecule has 0 spiro atoms. The van der Waals surface area contributed by atoms with Crippen LogP contribution in [0.5, 0.6) is 0 Å². The van der Waals surface area contributed by atoms with E-state index < -0.39 is 0 Å². The minimum Gasteiger partial charge on any atom is -0.278 e. The van der Waals surface area contributed by atoms with Crippen molar-refractivity contribution in [3.8, 4) is 0 Å². The fourth-order valence-electron chi connectivity index (χ4n) is 1.38. The summed E-state index contributed by atoms with van der Waals surface area (Å²) in [6.45, 7) is 4.08. The van der Waals surface area contributed by atoms with Crippen molar-refractivity contribution in [2.45, 2.75) is 13.8 Å². The average Bonchev–Trinajstić information content (AvgIpc) is 2.51. The molecule has 1 heterocycles. The topological polar surface area (TPSA) is 37.4 Å². The van der Waals surface area contributed by atoms with Crippen molar-refractivity contribution >= 4 is 12.3 Å². The van der Waals surface area contributed by atoms with Crippen LogP contribution in [-0.4, -0.2) is 23.8 Å². The second kappa shape index (κ2) is 4.56. The molecule has 3 nitrogen and oxygen atoms in total. The van der Waals surface area contributed by atoms with Gasteiger partial charge in [0.25, 0.3) is 5.91 Å². The third-order valence-electron chi connectivity index (χ3n) is 2.08. The molecule has 3 heteroatoms. The maximum absolute atomic E-state index is 11.5. The van der Waals surface area contributed by atoms with Crippen molar-refractivity contribution in [2.75, 3.05) is 6.54 Å². The Kier molecular flexibility index (Phi) is 3.40. The van der Waals surface area contributed by atoms with Crippen molar-refractivity contribution in [1.29, 1.82) is 0 Å². The molecule has 1 fully saturated rings. The molecule has 14 heavy (non-hydrogen) atoms. The van der Waals surface area contributed by atoms with Gasteiger partial charge in [-0.3, -0.25) is 14.5 Å². The van der Waals surface area contributed by atoms with Crippen LogP contribution in [0.15, 0.2) is 35.5 Å². The van der Waals surface area contributed by atoms with Crippen LogP contribution in [0.4, 0.5) is 0 Å². The summed E-state index contributed by atoms with van der Waals surface area (Å²) in [5, 5.41) is 0. The Labute approximate surface area is 83.4 Å². The Morgan fingerprint density at radius 3 is 2.57 bits per heavy atom. The predicted octanol–water partition coefficient (Wildman–Crippen LogP) is 1.43. The summed E-state index contributed by atoms with van der Waals surface area (Å²) in [5.41, 5.74) is 1.51. The monoisotopic (exact) mass is 191 g/mol. The first-order valence-electron chi connectivity index (χ1n) is 4.49. The number of carbonyl (C=O) groups excluding carboxylic acids is 2. The number of allylic oxidation sites excluding steroid dienone is 4. The summed E-state index contributed by atoms with van der Waals surface area (Å²) in [4.78, 5) is 23.2. The van der Waals surface area contributed by atoms with Crippen molar-refractivity contribution in [3.63, 3.8) is 0 Å². The first-order valence-corrected chi connectivity index (χ1v) is 4.49. The van der Waals surface area contributed by atoms with Crippen LogP contribution in [-0.2, 0) is 9.59 Å². The highest BCUT2D eigenvalue weighted by atomic mass is 16.2. The Morgan fingerprint density at radius 2 is 2.07 bits per heavy atom. The average molecular weight is 191 g/mol. The highest BCUT2D eigenvalue weighted by Crippen LogP contribution is 2.21. The number of rotatable bonds is 2. The second-order valence-electron chi connectivity index (χ2n) is 2.96. The van der Waals surface area contributed by atoms with Crippen molar-refractivity contribution < 1.29 is 9.59 Å². The van der Waals surface area contributed by atoms with Crippen LogP contribution in [0.25, 0.3) is 0 Å². The number of likely N-dealkylation sites (tertiary alicyclic amines) is 1. The van der Waals surface area contributed by atoms with Crippen LogP contribution in [0.3, 0.4) is 0 Å². The molecule has 0 bridgehead atoms. The molecular formula is C11H13NO2. The smallest absolute Gasteiger partial charge is 0.260 e. The van der Waals surface area contributed by atoms with E-state index in [4.69, 9.17) is 0 Å². The molecule has 0 atom stereocenters. The molecule has 0 N–H and O–H groups in total. The Bertz CT molecular complexity index is 337. The van der Waals surface area contributed by atoms with Crippen LogP contribution in [0.2, 0.25) is 0 Å². The minimum atomic E-state index is -0.210. The molecule has 0 saturated carbocycles. The SMILES string of the molecule is C\C=C/C=C1/CN(C=O)C(=O)/C1=C/C. The highest BCUT2D eigenvalue weighted by molar-refractivity contribution is 6.06. The van der Waals surface area contributed by atoms with E-state index in [2.05, 4.69) is 0 Å². The summed E-state index contributed by atoms with van der Waals surface area (Å²) in [6.07, 6.45) is 7.91. The molecule has 0 unspecified atom stereocenters. The van der Waals surface area contributed by atoms with Crippen LogP contribution < -0.4 is 0 Å². The van der Waals surface area contributed by atoms with Gasteiger partial charge in [0.15, 0.2) is 0 Å². The number of imide groups is 1. The number of hydrogen-bond donors (Lipinski definition) is 0. The standard InChI is InChI=1S/C11H13NO2/c1-3-5-6-9-7-12(8-13)11(14)10(9)4-2/h3-6,8H,7H2,1-2H3/b5-3-,9-6-,10-4+. The molecule has 1 rings (SSSR count). The zero-order chi connectivity index (χ0) is 10.6. The van der Waals surface area contributed by atoms with E-state index in [-0.39, 0.29) is 5.91 Å². The van der Waals surface area contributed by atoms with Gasteiger partial charge in [0.2, 0.25) is 6.41 Å². The summed E-state index contributed by atoms with van der Waals surface area (Å²) in [5.74, 6) is -0.210. The summed E-state index contributed by atoms with van der Waals surface area (Å²) in [7, 11) is 0. The lowest BCUT2D eigenvalue weighted by Crippen LogP contribution is -2.22. The molecule has 2 amide bonds. The van der Waals surface area contributed by atoms with E-state index in [1.54, 1.807) is 13.0 Å². The molecule has 0 aromatic rings. The van der Waals surface area contributed by atoms with Gasteiger partial charge in [0.1, 0.15) is 0 Å². The first-order chi connectivity index (χ1) is 6.74. The molecule has 0 aromatic heterocycles. The van der Waals surface area contributed by atoms with E-state index in [0.717, 1.165) is 5.57 Å². The number of carbonyl (C=O) groups is 2. The van der Waals surface area contributed by atoms with Gasteiger partial charge >= 0.3 is 0 Å². The molecule has 0 radical (unpaired) electrons. The number of amides is 2. The fourth-order valence-corrected chi connectivity index (χ4v) is 1.38. The molecule has 74 valence electrons. The number of hydrogen-bond acceptors (Lipinski definition) is 2. The van der Waals surface area contributed by atoms with Crippen LogP contribution in [0, 0.1) is 0 Å². The largest absolute Gasteiger partial charge is 0.278 e. The third-order valence-corrected chi connectivity index (χ3v) is 2.08. The summed E-state index contributed by atoms with van der Waals surface area (Å²) in [6, 6.07) is 0. The molecule has 1 aliphatic heterocycles. The van der Waals surface area contributed by atoms with E-state index in [9.17, 15) is 9.59 Å². The van der Waals surface area contributed by atoms with Gasteiger partial charge in [-0.2, -0.15) is 0 Å². The lowest BCUT2D eigenvalue weighted by Gasteiger charge is -2.01. The van der Waals surface area contributed by atoms with Gasteiger partial charge in [-0.05, 0) is 19.4 Å². The summed E-state index contributed by atoms with van der Waals surface area (Å²) < 4.78 is 0. The van der Waals surface area contributed by atoms with Crippen LogP contribution >= 0.6 is 0 Å². The van der Waals surface area contributed by atoms with E-state index in [0.29, 0.717) is 18.5 Å². The minimum absolute atomic E-state index is 0.210. The highest BCUT2D eigenvalue weighted by Gasteiger charge is 2.28. The molecule has 1 aliphatic rings. The first kappa shape index (κ1) is 10.4. The Morgan fingerprint density at radius 1 is 1.36 bits per heavy atom. The summed E-state index contributed by atoms with van der Waals surface area (Å²) >= 11 is 0. The van der Waals surface area contributed by atoms with Gasteiger partial charge < -0.3 is 0 Å². The molecule has 0 aromatic carbocycles. The second-order valence-corrected chi connectivity index (χ2v) is 2.96. The Hall–Kier alpha value is -1.64. The van der Waals surface area contributed by atoms with Gasteiger partial charge in [-0.1, -0.05) is 24.3 Å². The Balaban J connectivity index is 3.01. The van der Waals surface area contributed by atoms with E-state index >= 15 is 0 Å². The van der Waals surface area contributed by atoms with Gasteiger partial charge in [-0.25, -0.2) is 0 Å². The van der Waals surface area contributed by atoms with Gasteiger partial charge in [0, 0.05) is 5.57 Å². The lowest BCUT2D eigenvalue weighted by atomic mass is 10.1. The fraction of sp³-hybridized carbons (Fsp3) is 0.273. The third kappa shape index (κ3) is 1.82. The van der Waals surface area contributed by atoms with Crippen molar-refractivity contribution in [2.24, 2.45) is 0 Å². The maximum atomic E-state index is 11.5. The molecular weight excluding hydrogens is 178 g/mol. The zero-order valence-corrected chi connectivity index (χ0v) is 8.36. The van der Waals surface area contributed by atoms with Gasteiger partial charge in [0.05, 0.1) is 6.54 Å². The number of nitrogens with zero attached hydrogens (tertiary/aromatic N) is 1. The van der Waals surface area contributed by atoms with E-state index in [1.807, 2.05) is 25.2 Å². The quantitative estimate of drug-likeness (QED) is 0.489. The maximum Gasteiger partial charge on any atom is 0.260 e. The van der Waals surface area contributed by atoms with E-state index in [1.165, 1.54) is 4.90 Å².